The van der Waals surface area contributed by atoms with Gasteiger partial charge in [-0.05, 0) is 75.0 Å². The van der Waals surface area contributed by atoms with Crippen molar-refractivity contribution in [1.82, 2.24) is 19.8 Å². The van der Waals surface area contributed by atoms with E-state index in [1.54, 1.807) is 0 Å². The molecule has 8 heteroatoms. The van der Waals surface area contributed by atoms with Crippen LogP contribution in [0.15, 0.2) is 42.5 Å². The van der Waals surface area contributed by atoms with Crippen molar-refractivity contribution < 1.29 is 14.6 Å². The minimum Gasteiger partial charge on any atom is -0.364 e. The number of methoxy groups -OCH3 is 1. The van der Waals surface area contributed by atoms with Crippen molar-refractivity contribution in [1.29, 1.82) is 0 Å². The third-order valence-electron chi connectivity index (χ3n) is 6.72. The summed E-state index contributed by atoms with van der Waals surface area (Å²) >= 11 is 0. The van der Waals surface area contributed by atoms with E-state index in [-0.39, 0.29) is 5.91 Å². The Morgan fingerprint density at radius 3 is 2.29 bits per heavy atom. The van der Waals surface area contributed by atoms with Gasteiger partial charge >= 0.3 is 0 Å². The summed E-state index contributed by atoms with van der Waals surface area (Å²) in [6, 6.07) is 13.3. The number of amides is 1. The molecule has 3 rings (SSSR count). The van der Waals surface area contributed by atoms with Crippen LogP contribution in [0.25, 0.3) is 11.0 Å². The van der Waals surface area contributed by atoms with Gasteiger partial charge in [0.15, 0.2) is 6.29 Å². The van der Waals surface area contributed by atoms with Crippen molar-refractivity contribution in [2.75, 3.05) is 39.1 Å². The number of carbonyl (C=O) groups is 1. The molecule has 208 valence electrons. The average molecular weight is 524 g/mol. The number of benzene rings is 2. The van der Waals surface area contributed by atoms with E-state index in [9.17, 15) is 9.90 Å². The predicted molar refractivity (Wildman–Crippen MR) is 155 cm³/mol. The highest BCUT2D eigenvalue weighted by Gasteiger charge is 2.19. The van der Waals surface area contributed by atoms with Crippen molar-refractivity contribution in [3.8, 4) is 0 Å². The zero-order valence-electron chi connectivity index (χ0n) is 23.8. The second-order valence-electron chi connectivity index (χ2n) is 10.7. The minimum absolute atomic E-state index is 0.0815. The Labute approximate surface area is 227 Å². The monoisotopic (exact) mass is 523 g/mol. The molecule has 3 aromatic rings. The van der Waals surface area contributed by atoms with Gasteiger partial charge in [0.2, 0.25) is 5.95 Å². The third-order valence-corrected chi connectivity index (χ3v) is 6.72. The Balaban J connectivity index is 1.92. The number of hydrogen-bond acceptors (Lipinski definition) is 6. The molecule has 2 aromatic carbocycles. The number of fused-ring (bicyclic) bond motifs is 1. The van der Waals surface area contributed by atoms with Gasteiger partial charge in [0.05, 0.1) is 11.0 Å². The molecule has 0 aliphatic rings. The van der Waals surface area contributed by atoms with Gasteiger partial charge in [-0.15, -0.1) is 0 Å². The van der Waals surface area contributed by atoms with Crippen molar-refractivity contribution in [2.24, 2.45) is 11.8 Å². The van der Waals surface area contributed by atoms with E-state index in [1.165, 1.54) is 7.11 Å². The fourth-order valence-electron chi connectivity index (χ4n) is 4.31. The van der Waals surface area contributed by atoms with Crippen LogP contribution < -0.4 is 10.6 Å². The van der Waals surface area contributed by atoms with E-state index >= 15 is 0 Å². The van der Waals surface area contributed by atoms with E-state index in [0.29, 0.717) is 23.0 Å². The standard InChI is InChI=1S/C30H45N5O3/c1-21(2)14-18-34(19-15-22(3)4)28(36)24-10-13-26-27(20-24)35(17-7-16-31-5)30(33-26)32-25-11-8-23(9-12-25)29(37)38-6/h8-13,20-22,29,31,37H,7,14-19H2,1-6H3,(H,32,33). The molecular formula is C30H45N5O3. The van der Waals surface area contributed by atoms with E-state index in [0.717, 1.165) is 68.1 Å². The lowest BCUT2D eigenvalue weighted by Crippen LogP contribution is -2.34. The Hall–Kier alpha value is -2.94. The lowest BCUT2D eigenvalue weighted by Gasteiger charge is -2.24. The highest BCUT2D eigenvalue weighted by atomic mass is 16.6. The van der Waals surface area contributed by atoms with Crippen molar-refractivity contribution in [2.45, 2.75) is 59.8 Å². The van der Waals surface area contributed by atoms with Crippen LogP contribution in [0.5, 0.6) is 0 Å². The highest BCUT2D eigenvalue weighted by molar-refractivity contribution is 5.98. The maximum atomic E-state index is 13.6. The zero-order valence-corrected chi connectivity index (χ0v) is 23.8. The van der Waals surface area contributed by atoms with Gasteiger partial charge < -0.3 is 29.9 Å². The summed E-state index contributed by atoms with van der Waals surface area (Å²) < 4.78 is 7.14. The zero-order chi connectivity index (χ0) is 27.7. The third kappa shape index (κ3) is 8.03. The fourth-order valence-corrected chi connectivity index (χ4v) is 4.31. The van der Waals surface area contributed by atoms with Gasteiger partial charge in [0.25, 0.3) is 5.91 Å². The Bertz CT molecular complexity index is 1140. The van der Waals surface area contributed by atoms with Crippen LogP contribution in [0.1, 0.15) is 69.2 Å². The van der Waals surface area contributed by atoms with Gasteiger partial charge in [-0.1, -0.05) is 39.8 Å². The van der Waals surface area contributed by atoms with Crippen LogP contribution in [0.2, 0.25) is 0 Å². The van der Waals surface area contributed by atoms with Gasteiger partial charge in [0.1, 0.15) is 0 Å². The quantitative estimate of drug-likeness (QED) is 0.178. The largest absolute Gasteiger partial charge is 0.364 e. The number of aromatic nitrogens is 2. The maximum absolute atomic E-state index is 13.6. The Morgan fingerprint density at radius 1 is 1.05 bits per heavy atom. The molecule has 3 N–H and O–H groups in total. The van der Waals surface area contributed by atoms with Gasteiger partial charge in [0, 0.05) is 43.6 Å². The number of nitrogens with zero attached hydrogens (tertiary/aromatic N) is 3. The second-order valence-corrected chi connectivity index (χ2v) is 10.7. The molecule has 0 saturated heterocycles. The lowest BCUT2D eigenvalue weighted by molar-refractivity contribution is -0.0769. The molecule has 0 spiro atoms. The SMILES string of the molecule is CNCCCn1c(Nc2ccc(C(O)OC)cc2)nc2ccc(C(=O)N(CCC(C)C)CCC(C)C)cc21. The van der Waals surface area contributed by atoms with Crippen LogP contribution in [-0.4, -0.2) is 59.3 Å². The van der Waals surface area contributed by atoms with Crippen molar-refractivity contribution in [3.05, 3.63) is 53.6 Å². The number of rotatable bonds is 15. The number of imidazole rings is 1. The summed E-state index contributed by atoms with van der Waals surface area (Å²) in [6.07, 6.45) is 1.94. The predicted octanol–water partition coefficient (Wildman–Crippen LogP) is 5.56. The van der Waals surface area contributed by atoms with Crippen molar-refractivity contribution in [3.63, 3.8) is 0 Å². The molecule has 0 aliphatic carbocycles. The molecule has 1 heterocycles. The number of hydrogen-bond donors (Lipinski definition) is 3. The topological polar surface area (TPSA) is 91.6 Å². The molecule has 0 saturated carbocycles. The summed E-state index contributed by atoms with van der Waals surface area (Å²) in [4.78, 5) is 20.5. The summed E-state index contributed by atoms with van der Waals surface area (Å²) in [5, 5.41) is 16.5. The van der Waals surface area contributed by atoms with Gasteiger partial charge in [-0.3, -0.25) is 4.79 Å². The Kier molecular flexibility index (Phi) is 11.1. The summed E-state index contributed by atoms with van der Waals surface area (Å²) in [5.74, 6) is 1.89. The number of aryl methyl sites for hydroxylation is 1. The fraction of sp³-hybridized carbons (Fsp3) is 0.533. The molecule has 1 unspecified atom stereocenters. The van der Waals surface area contributed by atoms with Gasteiger partial charge in [-0.2, -0.15) is 0 Å². The molecule has 1 atom stereocenters. The van der Waals surface area contributed by atoms with E-state index < -0.39 is 6.29 Å². The lowest BCUT2D eigenvalue weighted by atomic mass is 10.1. The van der Waals surface area contributed by atoms with Crippen LogP contribution in [0.4, 0.5) is 11.6 Å². The molecule has 38 heavy (non-hydrogen) atoms. The van der Waals surface area contributed by atoms with Crippen LogP contribution in [0, 0.1) is 11.8 Å². The number of anilines is 2. The maximum Gasteiger partial charge on any atom is 0.253 e. The van der Waals surface area contributed by atoms with E-state index in [2.05, 4.69) is 42.9 Å². The molecule has 1 aromatic heterocycles. The first-order chi connectivity index (χ1) is 18.2. The van der Waals surface area contributed by atoms with E-state index in [1.807, 2.05) is 54.4 Å². The number of aliphatic hydroxyl groups is 1. The first-order valence-electron chi connectivity index (χ1n) is 13.8. The van der Waals surface area contributed by atoms with Crippen molar-refractivity contribution >= 4 is 28.6 Å². The minimum atomic E-state index is -0.952. The average Bonchev–Trinajstić information content (AvgIpc) is 3.24. The number of nitrogens with one attached hydrogen (secondary N) is 2. The number of ether oxygens (including phenoxy) is 1. The molecule has 0 aliphatic heterocycles. The van der Waals surface area contributed by atoms with Crippen LogP contribution >= 0.6 is 0 Å². The molecular weight excluding hydrogens is 478 g/mol. The summed E-state index contributed by atoms with van der Waals surface area (Å²) in [7, 11) is 3.41. The summed E-state index contributed by atoms with van der Waals surface area (Å²) in [6.45, 7) is 11.9. The smallest absolute Gasteiger partial charge is 0.253 e. The molecule has 1 amide bonds. The van der Waals surface area contributed by atoms with E-state index in [4.69, 9.17) is 9.72 Å². The molecule has 0 fully saturated rings. The number of carbonyl (C=O) groups excluding carboxylic acids is 1. The number of aliphatic hydroxyl groups excluding tert-OH is 1. The normalized spacial score (nSPS) is 12.4. The molecule has 0 radical (unpaired) electrons. The van der Waals surface area contributed by atoms with Crippen LogP contribution in [-0.2, 0) is 11.3 Å². The van der Waals surface area contributed by atoms with Crippen LogP contribution in [0.3, 0.4) is 0 Å². The molecule has 0 bridgehead atoms. The second kappa shape index (κ2) is 14.3. The van der Waals surface area contributed by atoms with Gasteiger partial charge in [-0.25, -0.2) is 4.98 Å². The first kappa shape index (κ1) is 29.6. The molecule has 8 nitrogen and oxygen atoms in total. The Morgan fingerprint density at radius 2 is 1.71 bits per heavy atom. The highest BCUT2D eigenvalue weighted by Crippen LogP contribution is 2.26. The first-order valence-corrected chi connectivity index (χ1v) is 13.8. The summed E-state index contributed by atoms with van der Waals surface area (Å²) in [5.41, 5.74) is 4.02.